The third-order valence-electron chi connectivity index (χ3n) is 2.39. The quantitative estimate of drug-likeness (QED) is 0.910. The molecule has 0 amide bonds. The molecule has 2 aromatic rings. The van der Waals surface area contributed by atoms with E-state index in [9.17, 15) is 8.78 Å². The van der Waals surface area contributed by atoms with Crippen molar-refractivity contribution < 1.29 is 13.5 Å². The largest absolute Gasteiger partial charge is 0.436 e. The molecule has 18 heavy (non-hydrogen) atoms. The van der Waals surface area contributed by atoms with Crippen molar-refractivity contribution in [1.82, 2.24) is 4.98 Å². The molecule has 0 aliphatic carbocycles. The first-order chi connectivity index (χ1) is 8.56. The van der Waals surface area contributed by atoms with Gasteiger partial charge >= 0.3 is 0 Å². The Kier molecular flexibility index (Phi) is 3.53. The van der Waals surface area contributed by atoms with Crippen molar-refractivity contribution in [3.05, 3.63) is 53.7 Å². The van der Waals surface area contributed by atoms with Gasteiger partial charge < -0.3 is 10.5 Å². The number of ether oxygens (including phenoxy) is 1. The lowest BCUT2D eigenvalue weighted by Crippen LogP contribution is -2.05. The van der Waals surface area contributed by atoms with Gasteiger partial charge in [0.15, 0.2) is 11.6 Å². The van der Waals surface area contributed by atoms with E-state index in [1.165, 1.54) is 6.20 Å². The molecule has 5 heteroatoms. The summed E-state index contributed by atoms with van der Waals surface area (Å²) in [5.74, 6) is -1.23. The molecule has 0 unspecified atom stereocenters. The first-order valence-electron chi connectivity index (χ1n) is 5.40. The van der Waals surface area contributed by atoms with E-state index in [4.69, 9.17) is 10.5 Å². The van der Waals surface area contributed by atoms with E-state index in [0.717, 1.165) is 23.8 Å². The average molecular weight is 250 g/mol. The third kappa shape index (κ3) is 2.81. The van der Waals surface area contributed by atoms with Gasteiger partial charge in [-0.2, -0.15) is 0 Å². The van der Waals surface area contributed by atoms with Crippen molar-refractivity contribution in [2.45, 2.75) is 13.0 Å². The highest BCUT2D eigenvalue weighted by atomic mass is 19.1. The SMILES string of the molecule is C[C@H](N)c1ccc(Oc2cc(F)ccc2F)nc1. The van der Waals surface area contributed by atoms with Crippen LogP contribution in [0.25, 0.3) is 0 Å². The Bertz CT molecular complexity index is 541. The number of halogens is 2. The number of benzene rings is 1. The number of hydrogen-bond acceptors (Lipinski definition) is 3. The van der Waals surface area contributed by atoms with Crippen LogP contribution in [-0.4, -0.2) is 4.98 Å². The Morgan fingerprint density at radius 3 is 2.61 bits per heavy atom. The predicted octanol–water partition coefficient (Wildman–Crippen LogP) is 3.17. The summed E-state index contributed by atoms with van der Waals surface area (Å²) >= 11 is 0. The lowest BCUT2D eigenvalue weighted by atomic mass is 10.2. The Morgan fingerprint density at radius 1 is 1.22 bits per heavy atom. The van der Waals surface area contributed by atoms with Crippen molar-refractivity contribution in [2.75, 3.05) is 0 Å². The summed E-state index contributed by atoms with van der Waals surface area (Å²) < 4.78 is 31.4. The maximum absolute atomic E-state index is 13.3. The Balaban J connectivity index is 2.21. The monoisotopic (exact) mass is 250 g/mol. The molecule has 0 fully saturated rings. The normalized spacial score (nSPS) is 12.2. The maximum atomic E-state index is 13.3. The van der Waals surface area contributed by atoms with E-state index < -0.39 is 11.6 Å². The van der Waals surface area contributed by atoms with Gasteiger partial charge in [-0.1, -0.05) is 6.07 Å². The van der Waals surface area contributed by atoms with Crippen LogP contribution in [-0.2, 0) is 0 Å². The number of pyridine rings is 1. The topological polar surface area (TPSA) is 48.1 Å². The number of aromatic nitrogens is 1. The summed E-state index contributed by atoms with van der Waals surface area (Å²) in [6.07, 6.45) is 1.54. The van der Waals surface area contributed by atoms with Gasteiger partial charge in [-0.05, 0) is 24.6 Å². The number of nitrogens with zero attached hydrogens (tertiary/aromatic N) is 1. The second-order valence-electron chi connectivity index (χ2n) is 3.90. The van der Waals surface area contributed by atoms with Gasteiger partial charge in [-0.15, -0.1) is 0 Å². The highest BCUT2D eigenvalue weighted by Crippen LogP contribution is 2.24. The Morgan fingerprint density at radius 2 is 2.00 bits per heavy atom. The molecule has 0 aliphatic rings. The van der Waals surface area contributed by atoms with E-state index in [2.05, 4.69) is 4.98 Å². The zero-order chi connectivity index (χ0) is 13.1. The minimum atomic E-state index is -0.644. The molecule has 0 saturated heterocycles. The second-order valence-corrected chi connectivity index (χ2v) is 3.90. The lowest BCUT2D eigenvalue weighted by molar-refractivity contribution is 0.422. The van der Waals surface area contributed by atoms with E-state index >= 15 is 0 Å². The van der Waals surface area contributed by atoms with Crippen molar-refractivity contribution in [2.24, 2.45) is 5.73 Å². The van der Waals surface area contributed by atoms with Crippen molar-refractivity contribution in [3.8, 4) is 11.6 Å². The van der Waals surface area contributed by atoms with Gasteiger partial charge in [0.1, 0.15) is 5.82 Å². The molecule has 1 atom stereocenters. The van der Waals surface area contributed by atoms with Crippen molar-refractivity contribution >= 4 is 0 Å². The summed E-state index contributed by atoms with van der Waals surface area (Å²) in [4.78, 5) is 3.97. The lowest BCUT2D eigenvalue weighted by Gasteiger charge is -2.08. The van der Waals surface area contributed by atoms with Gasteiger partial charge in [0.25, 0.3) is 0 Å². The van der Waals surface area contributed by atoms with E-state index in [1.54, 1.807) is 12.1 Å². The number of rotatable bonds is 3. The second kappa shape index (κ2) is 5.10. The highest BCUT2D eigenvalue weighted by Gasteiger charge is 2.07. The Hall–Kier alpha value is -2.01. The summed E-state index contributed by atoms with van der Waals surface area (Å²) in [5, 5.41) is 0. The molecular weight excluding hydrogens is 238 g/mol. The predicted molar refractivity (Wildman–Crippen MR) is 63.3 cm³/mol. The summed E-state index contributed by atoms with van der Waals surface area (Å²) in [6, 6.07) is 6.14. The molecule has 0 spiro atoms. The molecule has 0 aliphatic heterocycles. The van der Waals surface area contributed by atoms with Gasteiger partial charge in [0, 0.05) is 24.4 Å². The first-order valence-corrected chi connectivity index (χ1v) is 5.40. The molecule has 2 N–H and O–H groups in total. The summed E-state index contributed by atoms with van der Waals surface area (Å²) in [7, 11) is 0. The first kappa shape index (κ1) is 12.4. The molecule has 94 valence electrons. The molecule has 0 saturated carbocycles. The van der Waals surface area contributed by atoms with Crippen molar-refractivity contribution in [1.29, 1.82) is 0 Å². The molecule has 0 bridgehead atoms. The van der Waals surface area contributed by atoms with Crippen LogP contribution in [0.1, 0.15) is 18.5 Å². The van der Waals surface area contributed by atoms with Crippen LogP contribution in [0, 0.1) is 11.6 Å². The standard InChI is InChI=1S/C13H12F2N2O/c1-8(16)9-2-5-13(17-7-9)18-12-6-10(14)3-4-11(12)15/h2-8H,16H2,1H3/t8-/m0/s1. The number of nitrogens with two attached hydrogens (primary N) is 1. The van der Waals surface area contributed by atoms with Crippen LogP contribution in [0.4, 0.5) is 8.78 Å². The van der Waals surface area contributed by atoms with E-state index in [0.29, 0.717) is 0 Å². The number of hydrogen-bond donors (Lipinski definition) is 1. The van der Waals surface area contributed by atoms with Crippen LogP contribution in [0.3, 0.4) is 0 Å². The summed E-state index contributed by atoms with van der Waals surface area (Å²) in [6.45, 7) is 1.82. The molecule has 3 nitrogen and oxygen atoms in total. The fraction of sp³-hybridized carbons (Fsp3) is 0.154. The zero-order valence-corrected chi connectivity index (χ0v) is 9.73. The molecule has 1 aromatic heterocycles. The molecule has 0 radical (unpaired) electrons. The maximum Gasteiger partial charge on any atom is 0.219 e. The Labute approximate surface area is 103 Å². The smallest absolute Gasteiger partial charge is 0.219 e. The fourth-order valence-electron chi connectivity index (χ4n) is 1.39. The third-order valence-corrected chi connectivity index (χ3v) is 2.39. The highest BCUT2D eigenvalue weighted by molar-refractivity contribution is 5.30. The zero-order valence-electron chi connectivity index (χ0n) is 9.73. The van der Waals surface area contributed by atoms with Crippen LogP contribution in [0.5, 0.6) is 11.6 Å². The van der Waals surface area contributed by atoms with Crippen LogP contribution < -0.4 is 10.5 Å². The fourth-order valence-corrected chi connectivity index (χ4v) is 1.39. The van der Waals surface area contributed by atoms with Gasteiger partial charge in [-0.3, -0.25) is 0 Å². The van der Waals surface area contributed by atoms with Crippen LogP contribution in [0.15, 0.2) is 36.5 Å². The van der Waals surface area contributed by atoms with E-state index in [-0.39, 0.29) is 17.7 Å². The molecule has 1 aromatic carbocycles. The van der Waals surface area contributed by atoms with Crippen LogP contribution >= 0.6 is 0 Å². The van der Waals surface area contributed by atoms with Crippen LogP contribution in [0.2, 0.25) is 0 Å². The molecule has 1 heterocycles. The van der Waals surface area contributed by atoms with E-state index in [1.807, 2.05) is 6.92 Å². The van der Waals surface area contributed by atoms with Crippen molar-refractivity contribution in [3.63, 3.8) is 0 Å². The minimum Gasteiger partial charge on any atom is -0.436 e. The molecule has 2 rings (SSSR count). The van der Waals surface area contributed by atoms with Gasteiger partial charge in [-0.25, -0.2) is 13.8 Å². The molecular formula is C13H12F2N2O. The van der Waals surface area contributed by atoms with Gasteiger partial charge in [0.2, 0.25) is 5.88 Å². The minimum absolute atomic E-state index is 0.141. The van der Waals surface area contributed by atoms with Gasteiger partial charge in [0.05, 0.1) is 0 Å². The average Bonchev–Trinajstić information content (AvgIpc) is 2.34. The summed E-state index contributed by atoms with van der Waals surface area (Å²) in [5.41, 5.74) is 6.51.